The van der Waals surface area contributed by atoms with Gasteiger partial charge in [-0.2, -0.15) is 0 Å². The summed E-state index contributed by atoms with van der Waals surface area (Å²) in [7, 11) is 0. The third-order valence-electron chi connectivity index (χ3n) is 4.55. The minimum atomic E-state index is -1.21. The predicted molar refractivity (Wildman–Crippen MR) is 111 cm³/mol. The Morgan fingerprint density at radius 1 is 0.967 bits per heavy atom. The van der Waals surface area contributed by atoms with E-state index < -0.39 is 37.6 Å². The van der Waals surface area contributed by atoms with Gasteiger partial charge < -0.3 is 10.2 Å². The summed E-state index contributed by atoms with van der Waals surface area (Å²) >= 11 is 0. The number of hydrogen-bond donors (Lipinski definition) is 2. The molecule has 12 heteroatoms. The van der Waals surface area contributed by atoms with Crippen LogP contribution in [0.25, 0.3) is 0 Å². The Hall–Kier alpha value is -2.86. The zero-order chi connectivity index (χ0) is 23.3. The number of likely N-dealkylation sites (N-methyl/N-ethyl adjacent to an activating group) is 1. The molecule has 1 unspecified atom stereocenters. The Morgan fingerprint density at radius 2 is 1.50 bits per heavy atom. The quantitative estimate of drug-likeness (QED) is 0.284. The highest BCUT2D eigenvalue weighted by Gasteiger charge is 2.30. The molecule has 1 aromatic carbocycles. The molecule has 0 bridgehead atoms. The van der Waals surface area contributed by atoms with Gasteiger partial charge in [-0.15, -0.1) is 0 Å². The van der Waals surface area contributed by atoms with Crippen molar-refractivity contribution in [1.82, 2.24) is 4.90 Å². The maximum absolute atomic E-state index is 10.4. The van der Waals surface area contributed by atoms with E-state index in [-0.39, 0.29) is 6.61 Å². The van der Waals surface area contributed by atoms with E-state index in [4.69, 9.17) is 10.2 Å². The maximum atomic E-state index is 10.4. The monoisotopic (exact) mass is 430 g/mol. The van der Waals surface area contributed by atoms with Crippen LogP contribution in [0.5, 0.6) is 5.75 Å². The topological polar surface area (TPSA) is 173 Å². The van der Waals surface area contributed by atoms with Crippen molar-refractivity contribution >= 4 is 17.1 Å². The average Bonchev–Trinajstić information content (AvgIpc) is 2.69. The van der Waals surface area contributed by atoms with Crippen molar-refractivity contribution in [3.05, 3.63) is 42.5 Å². The first-order valence-corrected chi connectivity index (χ1v) is 9.75. The fourth-order valence-electron chi connectivity index (χ4n) is 2.84. The summed E-state index contributed by atoms with van der Waals surface area (Å²) in [6, 6.07) is 1.52. The number of nitro benzene ring substituents is 3. The summed E-state index contributed by atoms with van der Waals surface area (Å²) in [5, 5.41) is 49.1. The third-order valence-corrected chi connectivity index (χ3v) is 4.55. The number of phenols is 1. The number of nitro groups is 3. The molecule has 0 amide bonds. The minimum Gasteiger partial charge on any atom is -0.497 e. The molecule has 0 heterocycles. The molecule has 0 aliphatic carbocycles. The Bertz CT molecular complexity index is 678. The summed E-state index contributed by atoms with van der Waals surface area (Å²) in [4.78, 5) is 30.1. The van der Waals surface area contributed by atoms with Gasteiger partial charge in [0.15, 0.2) is 0 Å². The third kappa shape index (κ3) is 9.09. The van der Waals surface area contributed by atoms with E-state index in [0.717, 1.165) is 13.1 Å². The molecular weight excluding hydrogens is 400 g/mol. The molecule has 2 N–H and O–H groups in total. The summed E-state index contributed by atoms with van der Waals surface area (Å²) in [5.74, 6) is -1.21. The summed E-state index contributed by atoms with van der Waals surface area (Å²) in [6.07, 6.45) is 6.63. The van der Waals surface area contributed by atoms with E-state index in [1.54, 1.807) is 0 Å². The van der Waals surface area contributed by atoms with Crippen molar-refractivity contribution in [1.29, 1.82) is 0 Å². The maximum Gasteiger partial charge on any atom is 0.324 e. The summed E-state index contributed by atoms with van der Waals surface area (Å²) < 4.78 is 0. The van der Waals surface area contributed by atoms with Crippen LogP contribution >= 0.6 is 0 Å². The fourth-order valence-corrected chi connectivity index (χ4v) is 2.84. The van der Waals surface area contributed by atoms with E-state index >= 15 is 0 Å². The molecule has 0 spiro atoms. The SMILES string of the molecule is CCCCCCC(C)N(CC)CCO.O=[N+]([O-])c1cc([N+](=O)[O-])c(O)c([N+](=O)[O-])c1. The lowest BCUT2D eigenvalue weighted by Gasteiger charge is -2.26. The van der Waals surface area contributed by atoms with E-state index in [1.165, 1.54) is 32.1 Å². The van der Waals surface area contributed by atoms with Crippen LogP contribution in [-0.2, 0) is 0 Å². The molecule has 1 atom stereocenters. The molecule has 30 heavy (non-hydrogen) atoms. The van der Waals surface area contributed by atoms with Crippen molar-refractivity contribution in [2.45, 2.75) is 58.9 Å². The van der Waals surface area contributed by atoms with Crippen LogP contribution in [0.4, 0.5) is 17.1 Å². The molecule has 0 aromatic heterocycles. The lowest BCUT2D eigenvalue weighted by Crippen LogP contribution is -2.35. The number of nitrogens with zero attached hydrogens (tertiary/aromatic N) is 4. The molecule has 0 aliphatic rings. The van der Waals surface area contributed by atoms with Crippen molar-refractivity contribution in [2.24, 2.45) is 0 Å². The van der Waals surface area contributed by atoms with Gasteiger partial charge in [0.2, 0.25) is 0 Å². The molecule has 0 aliphatic heterocycles. The molecule has 0 fully saturated rings. The van der Waals surface area contributed by atoms with Crippen LogP contribution in [0.3, 0.4) is 0 Å². The van der Waals surface area contributed by atoms with Crippen LogP contribution in [-0.4, -0.2) is 55.6 Å². The lowest BCUT2D eigenvalue weighted by atomic mass is 10.1. The van der Waals surface area contributed by atoms with Gasteiger partial charge in [0.05, 0.1) is 33.5 Å². The molecule has 12 nitrogen and oxygen atoms in total. The van der Waals surface area contributed by atoms with Gasteiger partial charge >= 0.3 is 11.4 Å². The lowest BCUT2D eigenvalue weighted by molar-refractivity contribution is -0.404. The van der Waals surface area contributed by atoms with Crippen LogP contribution in [0.1, 0.15) is 52.9 Å². The molecule has 170 valence electrons. The molecule has 0 saturated carbocycles. The van der Waals surface area contributed by atoms with Gasteiger partial charge in [0.1, 0.15) is 0 Å². The highest BCUT2D eigenvalue weighted by Crippen LogP contribution is 2.38. The molecule has 1 aromatic rings. The highest BCUT2D eigenvalue weighted by atomic mass is 16.6. The highest BCUT2D eigenvalue weighted by molar-refractivity contribution is 5.64. The number of aromatic hydroxyl groups is 1. The van der Waals surface area contributed by atoms with Crippen LogP contribution in [0.15, 0.2) is 12.1 Å². The molecular formula is C18H30N4O8. The number of phenolic OH excluding ortho intramolecular Hbond substituents is 1. The summed E-state index contributed by atoms with van der Waals surface area (Å²) in [5.41, 5.74) is -3.00. The minimum absolute atomic E-state index is 0.285. The van der Waals surface area contributed by atoms with Gasteiger partial charge in [-0.05, 0) is 19.9 Å². The molecule has 0 radical (unpaired) electrons. The second kappa shape index (κ2) is 14.2. The van der Waals surface area contributed by atoms with Crippen molar-refractivity contribution in [2.75, 3.05) is 19.7 Å². The van der Waals surface area contributed by atoms with Gasteiger partial charge in [0, 0.05) is 12.6 Å². The van der Waals surface area contributed by atoms with Gasteiger partial charge in [-0.25, -0.2) is 0 Å². The number of hydrogen-bond acceptors (Lipinski definition) is 9. The van der Waals surface area contributed by atoms with Gasteiger partial charge in [-0.1, -0.05) is 39.5 Å². The number of aliphatic hydroxyl groups is 1. The van der Waals surface area contributed by atoms with Crippen molar-refractivity contribution < 1.29 is 25.0 Å². The first-order valence-electron chi connectivity index (χ1n) is 9.75. The van der Waals surface area contributed by atoms with E-state index in [2.05, 4.69) is 25.7 Å². The smallest absolute Gasteiger partial charge is 0.324 e. The average molecular weight is 430 g/mol. The second-order valence-corrected chi connectivity index (χ2v) is 6.65. The number of rotatable bonds is 12. The van der Waals surface area contributed by atoms with E-state index in [0.29, 0.717) is 18.2 Å². The van der Waals surface area contributed by atoms with Crippen LogP contribution in [0, 0.1) is 30.3 Å². The van der Waals surface area contributed by atoms with Crippen LogP contribution < -0.4 is 0 Å². The summed E-state index contributed by atoms with van der Waals surface area (Å²) in [6.45, 7) is 8.84. The Balaban J connectivity index is 0.000000567. The zero-order valence-electron chi connectivity index (χ0n) is 17.5. The Morgan fingerprint density at radius 3 is 1.87 bits per heavy atom. The Kier molecular flexibility index (Phi) is 12.8. The molecule has 1 rings (SSSR count). The van der Waals surface area contributed by atoms with E-state index in [9.17, 15) is 30.3 Å². The number of benzene rings is 1. The zero-order valence-corrected chi connectivity index (χ0v) is 17.5. The van der Waals surface area contributed by atoms with Gasteiger partial charge in [-0.3, -0.25) is 35.2 Å². The first-order chi connectivity index (χ1) is 14.1. The second-order valence-electron chi connectivity index (χ2n) is 6.65. The number of aliphatic hydroxyl groups excluding tert-OH is 1. The van der Waals surface area contributed by atoms with Gasteiger partial charge in [0.25, 0.3) is 11.4 Å². The van der Waals surface area contributed by atoms with Crippen molar-refractivity contribution in [3.63, 3.8) is 0 Å². The fraction of sp³-hybridized carbons (Fsp3) is 0.667. The largest absolute Gasteiger partial charge is 0.497 e. The first kappa shape index (κ1) is 27.1. The predicted octanol–water partition coefficient (Wildman–Crippen LogP) is 3.78. The van der Waals surface area contributed by atoms with E-state index in [1.807, 2.05) is 0 Å². The molecule has 0 saturated heterocycles. The number of non-ortho nitro benzene ring substituents is 1. The van der Waals surface area contributed by atoms with Crippen LogP contribution in [0.2, 0.25) is 0 Å². The normalized spacial score (nSPS) is 11.5. The number of unbranched alkanes of at least 4 members (excludes halogenated alkanes) is 3. The standard InChI is InChI=1S/C12H27NO.C6H3N3O7/c1-4-6-7-8-9-12(3)13(5-2)10-11-14;10-6-4(8(13)14)1-3(7(11)12)2-5(6)9(15)16/h12,14H,4-11H2,1-3H3;1-2,10H. The van der Waals surface area contributed by atoms with Crippen molar-refractivity contribution in [3.8, 4) is 5.75 Å². The Labute approximate surface area is 174 Å².